The van der Waals surface area contributed by atoms with Gasteiger partial charge in [0.25, 0.3) is 0 Å². The van der Waals surface area contributed by atoms with Crippen LogP contribution in [-0.4, -0.2) is 5.71 Å². The summed E-state index contributed by atoms with van der Waals surface area (Å²) < 4.78 is 0. The molecule has 2 nitrogen and oxygen atoms in total. The van der Waals surface area contributed by atoms with Crippen LogP contribution in [0, 0.1) is 11.8 Å². The van der Waals surface area contributed by atoms with E-state index in [2.05, 4.69) is 16.6 Å². The SMILES string of the molecule is C1=C(C2CCC2)[N]N=C1C1CCC1. The lowest BCUT2D eigenvalue weighted by atomic mass is 9.79. The first-order chi connectivity index (χ1) is 6.43. The first-order valence-electron chi connectivity index (χ1n) is 5.43. The smallest absolute Gasteiger partial charge is 0.0680 e. The minimum atomic E-state index is 0.751. The Balaban J connectivity index is 1.67. The molecule has 3 aliphatic rings. The maximum Gasteiger partial charge on any atom is 0.0680 e. The molecule has 3 rings (SSSR count). The highest BCUT2D eigenvalue weighted by Crippen LogP contribution is 2.36. The molecule has 2 saturated carbocycles. The molecule has 0 atom stereocenters. The van der Waals surface area contributed by atoms with Crippen LogP contribution in [0.4, 0.5) is 0 Å². The molecular formula is C11H15N2. The topological polar surface area (TPSA) is 26.5 Å². The summed E-state index contributed by atoms with van der Waals surface area (Å²) >= 11 is 0. The Morgan fingerprint density at radius 1 is 1.00 bits per heavy atom. The molecule has 0 N–H and O–H groups in total. The van der Waals surface area contributed by atoms with Crippen molar-refractivity contribution in [2.24, 2.45) is 16.9 Å². The van der Waals surface area contributed by atoms with Gasteiger partial charge in [0.15, 0.2) is 0 Å². The van der Waals surface area contributed by atoms with Gasteiger partial charge >= 0.3 is 0 Å². The third kappa shape index (κ3) is 1.19. The van der Waals surface area contributed by atoms with Crippen molar-refractivity contribution in [1.29, 1.82) is 0 Å². The maximum atomic E-state index is 4.29. The third-order valence-electron chi connectivity index (χ3n) is 3.62. The predicted octanol–water partition coefficient (Wildman–Crippen LogP) is 2.44. The zero-order valence-electron chi connectivity index (χ0n) is 7.87. The van der Waals surface area contributed by atoms with Gasteiger partial charge in [-0.15, -0.1) is 0 Å². The predicted molar refractivity (Wildman–Crippen MR) is 52.3 cm³/mol. The van der Waals surface area contributed by atoms with Crippen molar-refractivity contribution in [3.8, 4) is 0 Å². The molecule has 2 heteroatoms. The Morgan fingerprint density at radius 3 is 2.23 bits per heavy atom. The van der Waals surface area contributed by atoms with E-state index in [1.165, 1.54) is 49.9 Å². The van der Waals surface area contributed by atoms with Crippen LogP contribution in [0.3, 0.4) is 0 Å². The molecule has 0 unspecified atom stereocenters. The number of hydrogen-bond donors (Lipinski definition) is 0. The molecule has 1 radical (unpaired) electrons. The molecule has 0 bridgehead atoms. The zero-order chi connectivity index (χ0) is 8.67. The summed E-state index contributed by atoms with van der Waals surface area (Å²) in [5.41, 5.74) is 6.83. The summed E-state index contributed by atoms with van der Waals surface area (Å²) in [5.74, 6) is 1.50. The van der Waals surface area contributed by atoms with Gasteiger partial charge in [-0.25, -0.2) is 0 Å². The van der Waals surface area contributed by atoms with Crippen molar-refractivity contribution in [3.63, 3.8) is 0 Å². The zero-order valence-corrected chi connectivity index (χ0v) is 7.87. The monoisotopic (exact) mass is 175 g/mol. The second-order valence-corrected chi connectivity index (χ2v) is 4.45. The largest absolute Gasteiger partial charge is 0.155 e. The van der Waals surface area contributed by atoms with Crippen LogP contribution >= 0.6 is 0 Å². The first-order valence-corrected chi connectivity index (χ1v) is 5.43. The van der Waals surface area contributed by atoms with E-state index in [4.69, 9.17) is 0 Å². The summed E-state index contributed by atoms with van der Waals surface area (Å²) in [7, 11) is 0. The van der Waals surface area contributed by atoms with Crippen LogP contribution in [0.5, 0.6) is 0 Å². The fourth-order valence-electron chi connectivity index (χ4n) is 2.13. The Hall–Kier alpha value is -0.790. The van der Waals surface area contributed by atoms with E-state index in [1.54, 1.807) is 0 Å². The van der Waals surface area contributed by atoms with Crippen molar-refractivity contribution >= 4 is 5.71 Å². The normalized spacial score (nSPS) is 28.6. The molecule has 13 heavy (non-hydrogen) atoms. The molecule has 0 aromatic heterocycles. The fraction of sp³-hybridized carbons (Fsp3) is 0.727. The van der Waals surface area contributed by atoms with E-state index >= 15 is 0 Å². The highest BCUT2D eigenvalue weighted by Gasteiger charge is 2.30. The van der Waals surface area contributed by atoms with E-state index in [0.29, 0.717) is 0 Å². The average Bonchev–Trinajstić information content (AvgIpc) is 2.29. The summed E-state index contributed by atoms with van der Waals surface area (Å²) in [6.45, 7) is 0. The van der Waals surface area contributed by atoms with Crippen molar-refractivity contribution < 1.29 is 0 Å². The molecule has 0 aromatic rings. The molecule has 69 valence electrons. The van der Waals surface area contributed by atoms with E-state index in [1.807, 2.05) is 0 Å². The quantitative estimate of drug-likeness (QED) is 0.616. The Bertz CT molecular complexity index is 270. The number of nitrogens with zero attached hydrogens (tertiary/aromatic N) is 2. The Morgan fingerprint density at radius 2 is 1.69 bits per heavy atom. The summed E-state index contributed by atoms with van der Waals surface area (Å²) in [5, 5.41) is 4.29. The second kappa shape index (κ2) is 2.86. The standard InChI is InChI=1S/C11H15N2/c1-3-8(4-1)10-7-11(13-12-10)9-5-2-6-9/h7-9H,1-6H2. The molecule has 1 heterocycles. The minimum Gasteiger partial charge on any atom is -0.155 e. The lowest BCUT2D eigenvalue weighted by Gasteiger charge is -2.25. The van der Waals surface area contributed by atoms with E-state index < -0.39 is 0 Å². The van der Waals surface area contributed by atoms with Gasteiger partial charge in [0.2, 0.25) is 0 Å². The Labute approximate surface area is 79.1 Å². The molecule has 2 aliphatic carbocycles. The van der Waals surface area contributed by atoms with Crippen LogP contribution in [-0.2, 0) is 0 Å². The molecule has 0 saturated heterocycles. The van der Waals surface area contributed by atoms with E-state index in [-0.39, 0.29) is 0 Å². The maximum absolute atomic E-state index is 4.29. The second-order valence-electron chi connectivity index (χ2n) is 4.45. The van der Waals surface area contributed by atoms with Crippen molar-refractivity contribution in [3.05, 3.63) is 11.8 Å². The number of hydrogen-bond acceptors (Lipinski definition) is 1. The van der Waals surface area contributed by atoms with Crippen LogP contribution in [0.1, 0.15) is 38.5 Å². The van der Waals surface area contributed by atoms with Gasteiger partial charge in [0, 0.05) is 11.8 Å². The fourth-order valence-corrected chi connectivity index (χ4v) is 2.13. The van der Waals surface area contributed by atoms with E-state index in [0.717, 1.165) is 11.8 Å². The average molecular weight is 175 g/mol. The van der Waals surface area contributed by atoms with Crippen molar-refractivity contribution in [2.75, 3.05) is 0 Å². The number of rotatable bonds is 2. The van der Waals surface area contributed by atoms with Gasteiger partial charge in [0.1, 0.15) is 0 Å². The lowest BCUT2D eigenvalue weighted by Crippen LogP contribution is -2.19. The van der Waals surface area contributed by atoms with Gasteiger partial charge in [-0.05, 0) is 31.8 Å². The van der Waals surface area contributed by atoms with Gasteiger partial charge in [-0.2, -0.15) is 10.5 Å². The Kier molecular flexibility index (Phi) is 1.67. The molecule has 0 spiro atoms. The summed E-state index contributed by atoms with van der Waals surface area (Å²) in [4.78, 5) is 0. The molecule has 0 aromatic carbocycles. The summed E-state index contributed by atoms with van der Waals surface area (Å²) in [6, 6.07) is 0. The molecule has 2 fully saturated rings. The van der Waals surface area contributed by atoms with E-state index in [9.17, 15) is 0 Å². The first kappa shape index (κ1) is 7.60. The lowest BCUT2D eigenvalue weighted by molar-refractivity contribution is 0.352. The summed E-state index contributed by atoms with van der Waals surface area (Å²) in [6.07, 6.45) is 10.4. The highest BCUT2D eigenvalue weighted by molar-refractivity contribution is 5.99. The van der Waals surface area contributed by atoms with Crippen molar-refractivity contribution in [2.45, 2.75) is 38.5 Å². The van der Waals surface area contributed by atoms with Gasteiger partial charge in [0.05, 0.1) is 11.4 Å². The van der Waals surface area contributed by atoms with Crippen LogP contribution in [0.25, 0.3) is 0 Å². The third-order valence-corrected chi connectivity index (χ3v) is 3.62. The van der Waals surface area contributed by atoms with Gasteiger partial charge in [-0.1, -0.05) is 12.8 Å². The minimum absolute atomic E-state index is 0.751. The molecular weight excluding hydrogens is 160 g/mol. The highest BCUT2D eigenvalue weighted by atomic mass is 15.3. The molecule has 0 amide bonds. The van der Waals surface area contributed by atoms with Crippen molar-refractivity contribution in [1.82, 2.24) is 5.43 Å². The van der Waals surface area contributed by atoms with Gasteiger partial charge < -0.3 is 0 Å². The molecule has 1 aliphatic heterocycles. The number of allylic oxidation sites excluding steroid dienone is 2. The van der Waals surface area contributed by atoms with Crippen LogP contribution in [0.15, 0.2) is 16.9 Å². The van der Waals surface area contributed by atoms with Crippen LogP contribution in [0.2, 0.25) is 0 Å². The van der Waals surface area contributed by atoms with Crippen LogP contribution < -0.4 is 5.43 Å². The van der Waals surface area contributed by atoms with Gasteiger partial charge in [-0.3, -0.25) is 0 Å².